The topological polar surface area (TPSA) is 61.0 Å². The predicted octanol–water partition coefficient (Wildman–Crippen LogP) is 2.95. The van der Waals surface area contributed by atoms with E-state index in [-0.39, 0.29) is 0 Å². The molecule has 0 spiro atoms. The number of benzene rings is 1. The van der Waals surface area contributed by atoms with E-state index >= 15 is 0 Å². The molecule has 2 aromatic heterocycles. The molecule has 0 bridgehead atoms. The first-order chi connectivity index (χ1) is 8.76. The highest BCUT2D eigenvalue weighted by atomic mass is 32.1. The average Bonchev–Trinajstić information content (AvgIpc) is 2.81. The van der Waals surface area contributed by atoms with Crippen LogP contribution in [0.5, 0.6) is 5.75 Å². The Morgan fingerprint density at radius 2 is 2.11 bits per heavy atom. The molecule has 2 N–H and O–H groups in total. The number of rotatable bonds is 2. The van der Waals surface area contributed by atoms with Crippen LogP contribution in [-0.2, 0) is 0 Å². The summed E-state index contributed by atoms with van der Waals surface area (Å²) < 4.78 is 6.31. The Kier molecular flexibility index (Phi) is 2.60. The van der Waals surface area contributed by atoms with Gasteiger partial charge in [0.25, 0.3) is 0 Å². The van der Waals surface area contributed by atoms with Crippen LogP contribution in [0.4, 0.5) is 5.69 Å². The van der Waals surface area contributed by atoms with Crippen molar-refractivity contribution in [1.29, 1.82) is 0 Å². The quantitative estimate of drug-likeness (QED) is 0.766. The van der Waals surface area contributed by atoms with Crippen molar-refractivity contribution in [3.05, 3.63) is 36.7 Å². The molecule has 0 aliphatic heterocycles. The molecule has 3 rings (SSSR count). The number of nitrogens with zero attached hydrogens (tertiary/aromatic N) is 2. The van der Waals surface area contributed by atoms with Crippen molar-refractivity contribution in [3.8, 4) is 16.3 Å². The SMILES string of the molecule is COc1ccc2sc(-c3cncc(N)c3)nc2c1. The molecule has 3 aromatic rings. The van der Waals surface area contributed by atoms with Gasteiger partial charge in [-0.25, -0.2) is 4.98 Å². The van der Waals surface area contributed by atoms with Gasteiger partial charge >= 0.3 is 0 Å². The molecule has 4 nitrogen and oxygen atoms in total. The van der Waals surface area contributed by atoms with E-state index < -0.39 is 0 Å². The summed E-state index contributed by atoms with van der Waals surface area (Å²) in [7, 11) is 1.65. The number of ether oxygens (including phenoxy) is 1. The molecule has 0 amide bonds. The second kappa shape index (κ2) is 4.27. The van der Waals surface area contributed by atoms with Crippen molar-refractivity contribution in [1.82, 2.24) is 9.97 Å². The van der Waals surface area contributed by atoms with Gasteiger partial charge in [-0.3, -0.25) is 4.98 Å². The number of thiazole rings is 1. The van der Waals surface area contributed by atoms with Gasteiger partial charge in [0.15, 0.2) is 0 Å². The molecular weight excluding hydrogens is 246 g/mol. The van der Waals surface area contributed by atoms with E-state index in [1.807, 2.05) is 24.3 Å². The molecule has 0 fully saturated rings. The second-order valence-electron chi connectivity index (χ2n) is 3.86. The summed E-state index contributed by atoms with van der Waals surface area (Å²) in [6, 6.07) is 7.74. The fraction of sp³-hybridized carbons (Fsp3) is 0.0769. The number of hydrogen-bond donors (Lipinski definition) is 1. The zero-order chi connectivity index (χ0) is 12.5. The minimum Gasteiger partial charge on any atom is -0.497 e. The Hall–Kier alpha value is -2.14. The number of fused-ring (bicyclic) bond motifs is 1. The highest BCUT2D eigenvalue weighted by Gasteiger charge is 2.07. The van der Waals surface area contributed by atoms with Gasteiger partial charge < -0.3 is 10.5 Å². The van der Waals surface area contributed by atoms with Gasteiger partial charge in [-0.2, -0.15) is 0 Å². The van der Waals surface area contributed by atoms with Crippen LogP contribution in [0, 0.1) is 0 Å². The smallest absolute Gasteiger partial charge is 0.126 e. The highest BCUT2D eigenvalue weighted by molar-refractivity contribution is 7.21. The van der Waals surface area contributed by atoms with Gasteiger partial charge in [-0.1, -0.05) is 0 Å². The minimum absolute atomic E-state index is 0.643. The summed E-state index contributed by atoms with van der Waals surface area (Å²) in [5, 5.41) is 0.915. The van der Waals surface area contributed by atoms with Gasteiger partial charge in [-0.15, -0.1) is 11.3 Å². The summed E-state index contributed by atoms with van der Waals surface area (Å²) in [4.78, 5) is 8.66. The fourth-order valence-electron chi connectivity index (χ4n) is 1.73. The Labute approximate surface area is 108 Å². The second-order valence-corrected chi connectivity index (χ2v) is 4.89. The lowest BCUT2D eigenvalue weighted by Crippen LogP contribution is -1.87. The Bertz CT molecular complexity index is 708. The first-order valence-corrected chi connectivity index (χ1v) is 6.23. The summed E-state index contributed by atoms with van der Waals surface area (Å²) in [5.41, 5.74) is 8.24. The number of nitrogens with two attached hydrogens (primary N) is 1. The third-order valence-electron chi connectivity index (χ3n) is 2.60. The van der Waals surface area contributed by atoms with Crippen LogP contribution in [0.25, 0.3) is 20.8 Å². The first kappa shape index (κ1) is 11.0. The predicted molar refractivity (Wildman–Crippen MR) is 73.8 cm³/mol. The first-order valence-electron chi connectivity index (χ1n) is 5.42. The van der Waals surface area contributed by atoms with Crippen molar-refractivity contribution in [2.45, 2.75) is 0 Å². The average molecular weight is 257 g/mol. The van der Waals surface area contributed by atoms with Crippen LogP contribution in [0.1, 0.15) is 0 Å². The molecule has 5 heteroatoms. The fourth-order valence-corrected chi connectivity index (χ4v) is 2.66. The van der Waals surface area contributed by atoms with Crippen LogP contribution in [0.15, 0.2) is 36.7 Å². The summed E-state index contributed by atoms with van der Waals surface area (Å²) >= 11 is 1.62. The molecule has 0 radical (unpaired) electrons. The normalized spacial score (nSPS) is 10.7. The van der Waals surface area contributed by atoms with Crippen molar-refractivity contribution < 1.29 is 4.74 Å². The van der Waals surface area contributed by atoms with E-state index in [0.717, 1.165) is 26.5 Å². The maximum Gasteiger partial charge on any atom is 0.126 e. The van der Waals surface area contributed by atoms with E-state index in [1.54, 1.807) is 30.8 Å². The number of pyridine rings is 1. The van der Waals surface area contributed by atoms with Gasteiger partial charge in [-0.05, 0) is 18.2 Å². The van der Waals surface area contributed by atoms with Gasteiger partial charge in [0.2, 0.25) is 0 Å². The third-order valence-corrected chi connectivity index (χ3v) is 3.69. The third kappa shape index (κ3) is 1.89. The Balaban J connectivity index is 2.13. The highest BCUT2D eigenvalue weighted by Crippen LogP contribution is 2.32. The summed E-state index contributed by atoms with van der Waals surface area (Å²) in [6.45, 7) is 0. The van der Waals surface area contributed by atoms with Crippen molar-refractivity contribution in [2.75, 3.05) is 12.8 Å². The Morgan fingerprint density at radius 1 is 1.22 bits per heavy atom. The zero-order valence-corrected chi connectivity index (χ0v) is 10.6. The van der Waals surface area contributed by atoms with Crippen molar-refractivity contribution >= 4 is 27.2 Å². The van der Waals surface area contributed by atoms with Crippen molar-refractivity contribution in [3.63, 3.8) is 0 Å². The number of nitrogen functional groups attached to an aromatic ring is 1. The molecule has 2 heterocycles. The van der Waals surface area contributed by atoms with Gasteiger partial charge in [0.1, 0.15) is 10.8 Å². The number of methoxy groups -OCH3 is 1. The van der Waals surface area contributed by atoms with Crippen LogP contribution in [0.3, 0.4) is 0 Å². The van der Waals surface area contributed by atoms with Crippen LogP contribution >= 0.6 is 11.3 Å². The lowest BCUT2D eigenvalue weighted by atomic mass is 10.3. The molecule has 0 saturated heterocycles. The maximum atomic E-state index is 5.73. The van der Waals surface area contributed by atoms with Crippen molar-refractivity contribution in [2.24, 2.45) is 0 Å². The Morgan fingerprint density at radius 3 is 2.89 bits per heavy atom. The summed E-state index contributed by atoms with van der Waals surface area (Å²) in [6.07, 6.45) is 3.39. The number of hydrogen-bond acceptors (Lipinski definition) is 5. The molecule has 0 unspecified atom stereocenters. The molecule has 0 aliphatic carbocycles. The van der Waals surface area contributed by atoms with Crippen LogP contribution < -0.4 is 10.5 Å². The van der Waals surface area contributed by atoms with E-state index in [1.165, 1.54) is 0 Å². The number of aromatic nitrogens is 2. The molecule has 0 atom stereocenters. The van der Waals surface area contributed by atoms with Gasteiger partial charge in [0.05, 0.1) is 23.0 Å². The van der Waals surface area contributed by atoms with E-state index in [0.29, 0.717) is 5.69 Å². The minimum atomic E-state index is 0.643. The van der Waals surface area contributed by atoms with Crippen LogP contribution in [0.2, 0.25) is 0 Å². The van der Waals surface area contributed by atoms with Gasteiger partial charge in [0, 0.05) is 24.0 Å². The summed E-state index contributed by atoms with van der Waals surface area (Å²) in [5.74, 6) is 0.810. The molecule has 0 saturated carbocycles. The van der Waals surface area contributed by atoms with E-state index in [9.17, 15) is 0 Å². The molecule has 1 aromatic carbocycles. The standard InChI is InChI=1S/C13H11N3OS/c1-17-10-2-3-12-11(5-10)16-13(18-12)8-4-9(14)7-15-6-8/h2-7H,14H2,1H3. The molecular formula is C13H11N3OS. The van der Waals surface area contributed by atoms with E-state index in [4.69, 9.17) is 10.5 Å². The number of anilines is 1. The molecule has 90 valence electrons. The molecule has 0 aliphatic rings. The molecule has 18 heavy (non-hydrogen) atoms. The van der Waals surface area contributed by atoms with Crippen LogP contribution in [-0.4, -0.2) is 17.1 Å². The van der Waals surface area contributed by atoms with E-state index in [2.05, 4.69) is 9.97 Å². The largest absolute Gasteiger partial charge is 0.497 e. The lowest BCUT2D eigenvalue weighted by molar-refractivity contribution is 0.415. The maximum absolute atomic E-state index is 5.73. The zero-order valence-electron chi connectivity index (χ0n) is 9.75. The lowest BCUT2D eigenvalue weighted by Gasteiger charge is -1.96. The monoisotopic (exact) mass is 257 g/mol.